The first-order chi connectivity index (χ1) is 9.43. The molecule has 0 saturated heterocycles. The average molecular weight is 270 g/mol. The SMILES string of the molecule is c1ccc2c(c1)nnn2CSCCc1ccncc1. The highest BCUT2D eigenvalue weighted by atomic mass is 32.2. The van der Waals surface area contributed by atoms with Crippen LogP contribution in [-0.2, 0) is 12.3 Å². The Morgan fingerprint density at radius 2 is 1.89 bits per heavy atom. The third-order valence-electron chi connectivity index (χ3n) is 2.92. The lowest BCUT2D eigenvalue weighted by Gasteiger charge is -2.03. The van der Waals surface area contributed by atoms with Gasteiger partial charge in [0, 0.05) is 12.4 Å². The molecule has 4 nitrogen and oxygen atoms in total. The first kappa shape index (κ1) is 12.2. The van der Waals surface area contributed by atoms with E-state index in [4.69, 9.17) is 0 Å². The van der Waals surface area contributed by atoms with Gasteiger partial charge in [-0.05, 0) is 42.0 Å². The van der Waals surface area contributed by atoms with E-state index in [2.05, 4.69) is 33.5 Å². The summed E-state index contributed by atoms with van der Waals surface area (Å²) in [5, 5.41) is 8.32. The van der Waals surface area contributed by atoms with Gasteiger partial charge in [0.1, 0.15) is 5.52 Å². The van der Waals surface area contributed by atoms with Gasteiger partial charge in [-0.3, -0.25) is 4.98 Å². The number of hydrogen-bond donors (Lipinski definition) is 0. The van der Waals surface area contributed by atoms with Crippen LogP contribution >= 0.6 is 11.8 Å². The number of pyridine rings is 1. The number of rotatable bonds is 5. The van der Waals surface area contributed by atoms with Crippen LogP contribution in [-0.4, -0.2) is 25.7 Å². The Balaban J connectivity index is 1.55. The third-order valence-corrected chi connectivity index (χ3v) is 3.84. The smallest absolute Gasteiger partial charge is 0.113 e. The number of aromatic nitrogens is 4. The van der Waals surface area contributed by atoms with E-state index in [0.717, 1.165) is 29.1 Å². The fraction of sp³-hybridized carbons (Fsp3) is 0.214. The second-order valence-electron chi connectivity index (χ2n) is 4.22. The first-order valence-electron chi connectivity index (χ1n) is 6.18. The molecule has 0 fully saturated rings. The summed E-state index contributed by atoms with van der Waals surface area (Å²) < 4.78 is 1.95. The molecule has 0 radical (unpaired) electrons. The van der Waals surface area contributed by atoms with Crippen molar-refractivity contribution in [2.75, 3.05) is 5.75 Å². The number of fused-ring (bicyclic) bond motifs is 1. The van der Waals surface area contributed by atoms with Crippen LogP contribution in [0.3, 0.4) is 0 Å². The second kappa shape index (κ2) is 5.84. The molecular weight excluding hydrogens is 256 g/mol. The molecule has 0 saturated carbocycles. The van der Waals surface area contributed by atoms with E-state index in [0.29, 0.717) is 0 Å². The second-order valence-corrected chi connectivity index (χ2v) is 5.30. The van der Waals surface area contributed by atoms with E-state index in [1.165, 1.54) is 5.56 Å². The van der Waals surface area contributed by atoms with Crippen LogP contribution in [0.5, 0.6) is 0 Å². The molecule has 0 N–H and O–H groups in total. The zero-order valence-corrected chi connectivity index (χ0v) is 11.3. The quantitative estimate of drug-likeness (QED) is 0.669. The third kappa shape index (κ3) is 2.93. The Bertz CT molecular complexity index is 651. The lowest BCUT2D eigenvalue weighted by atomic mass is 10.2. The molecule has 0 amide bonds. The summed E-state index contributed by atoms with van der Waals surface area (Å²) in [6.07, 6.45) is 4.73. The van der Waals surface area contributed by atoms with Crippen molar-refractivity contribution in [3.63, 3.8) is 0 Å². The molecule has 19 heavy (non-hydrogen) atoms. The van der Waals surface area contributed by atoms with Gasteiger partial charge in [-0.1, -0.05) is 17.3 Å². The van der Waals surface area contributed by atoms with E-state index < -0.39 is 0 Å². The van der Waals surface area contributed by atoms with Gasteiger partial charge in [0.15, 0.2) is 0 Å². The lowest BCUT2D eigenvalue weighted by Crippen LogP contribution is -1.99. The van der Waals surface area contributed by atoms with Gasteiger partial charge >= 0.3 is 0 Å². The molecule has 0 spiro atoms. The van der Waals surface area contributed by atoms with Crippen molar-refractivity contribution < 1.29 is 0 Å². The van der Waals surface area contributed by atoms with E-state index in [9.17, 15) is 0 Å². The highest BCUT2D eigenvalue weighted by molar-refractivity contribution is 7.98. The van der Waals surface area contributed by atoms with Gasteiger partial charge in [-0.15, -0.1) is 16.9 Å². The Kier molecular flexibility index (Phi) is 3.74. The number of nitrogens with zero attached hydrogens (tertiary/aromatic N) is 4. The fourth-order valence-electron chi connectivity index (χ4n) is 1.90. The minimum atomic E-state index is 0.839. The molecule has 96 valence electrons. The van der Waals surface area contributed by atoms with Crippen LogP contribution in [0.1, 0.15) is 5.56 Å². The summed E-state index contributed by atoms with van der Waals surface area (Å²) in [4.78, 5) is 4.02. The zero-order valence-electron chi connectivity index (χ0n) is 10.4. The van der Waals surface area contributed by atoms with E-state index in [1.807, 2.05) is 47.0 Å². The number of para-hydroxylation sites is 1. The number of aryl methyl sites for hydroxylation is 1. The predicted molar refractivity (Wildman–Crippen MR) is 77.9 cm³/mol. The van der Waals surface area contributed by atoms with Crippen LogP contribution < -0.4 is 0 Å². The van der Waals surface area contributed by atoms with Gasteiger partial charge in [0.2, 0.25) is 0 Å². The largest absolute Gasteiger partial charge is 0.265 e. The van der Waals surface area contributed by atoms with Crippen molar-refractivity contribution in [3.05, 3.63) is 54.4 Å². The average Bonchev–Trinajstić information content (AvgIpc) is 2.88. The van der Waals surface area contributed by atoms with Gasteiger partial charge < -0.3 is 0 Å². The number of benzene rings is 1. The first-order valence-corrected chi connectivity index (χ1v) is 7.34. The van der Waals surface area contributed by atoms with Crippen LogP contribution in [0.15, 0.2) is 48.8 Å². The molecule has 3 rings (SSSR count). The lowest BCUT2D eigenvalue weighted by molar-refractivity contribution is 0.722. The topological polar surface area (TPSA) is 43.6 Å². The monoisotopic (exact) mass is 270 g/mol. The maximum Gasteiger partial charge on any atom is 0.113 e. The molecule has 2 heterocycles. The summed E-state index contributed by atoms with van der Waals surface area (Å²) in [7, 11) is 0. The van der Waals surface area contributed by atoms with Gasteiger partial charge in [0.05, 0.1) is 11.4 Å². The Morgan fingerprint density at radius 1 is 1.05 bits per heavy atom. The summed E-state index contributed by atoms with van der Waals surface area (Å²) in [5.41, 5.74) is 3.38. The minimum Gasteiger partial charge on any atom is -0.265 e. The highest BCUT2D eigenvalue weighted by Gasteiger charge is 2.02. The van der Waals surface area contributed by atoms with Crippen molar-refractivity contribution in [1.82, 2.24) is 20.0 Å². The summed E-state index contributed by atoms with van der Waals surface area (Å²) in [5.74, 6) is 1.91. The Morgan fingerprint density at radius 3 is 2.79 bits per heavy atom. The highest BCUT2D eigenvalue weighted by Crippen LogP contribution is 2.14. The molecule has 2 aromatic heterocycles. The standard InChI is InChI=1S/C14H14N4S/c1-2-4-14-13(3-1)16-17-18(14)11-19-10-7-12-5-8-15-9-6-12/h1-6,8-9H,7,10-11H2. The maximum atomic E-state index is 4.18. The molecular formula is C14H14N4S. The Hall–Kier alpha value is -1.88. The van der Waals surface area contributed by atoms with Crippen LogP contribution in [0.4, 0.5) is 0 Å². The molecule has 0 aliphatic carbocycles. The Labute approximate surface area is 115 Å². The van der Waals surface area contributed by atoms with Crippen molar-refractivity contribution in [2.24, 2.45) is 0 Å². The van der Waals surface area contributed by atoms with E-state index >= 15 is 0 Å². The molecule has 0 aliphatic rings. The number of thioether (sulfide) groups is 1. The van der Waals surface area contributed by atoms with Crippen LogP contribution in [0.2, 0.25) is 0 Å². The molecule has 3 aromatic rings. The minimum absolute atomic E-state index is 0.839. The summed E-state index contributed by atoms with van der Waals surface area (Å²) in [6.45, 7) is 0. The molecule has 0 bridgehead atoms. The van der Waals surface area contributed by atoms with Crippen molar-refractivity contribution in [3.8, 4) is 0 Å². The molecule has 5 heteroatoms. The van der Waals surface area contributed by atoms with Gasteiger partial charge in [-0.2, -0.15) is 0 Å². The van der Waals surface area contributed by atoms with Gasteiger partial charge in [-0.25, -0.2) is 4.68 Å². The van der Waals surface area contributed by atoms with Gasteiger partial charge in [0.25, 0.3) is 0 Å². The van der Waals surface area contributed by atoms with Crippen molar-refractivity contribution in [1.29, 1.82) is 0 Å². The molecule has 0 aliphatic heterocycles. The normalized spacial score (nSPS) is 10.9. The van der Waals surface area contributed by atoms with Crippen molar-refractivity contribution in [2.45, 2.75) is 12.3 Å². The van der Waals surface area contributed by atoms with E-state index in [-0.39, 0.29) is 0 Å². The number of hydrogen-bond acceptors (Lipinski definition) is 4. The molecule has 1 aromatic carbocycles. The molecule has 0 unspecified atom stereocenters. The van der Waals surface area contributed by atoms with E-state index in [1.54, 1.807) is 0 Å². The summed E-state index contributed by atoms with van der Waals surface area (Å²) >= 11 is 1.86. The van der Waals surface area contributed by atoms with Crippen LogP contribution in [0.25, 0.3) is 11.0 Å². The zero-order chi connectivity index (χ0) is 12.9. The molecule has 0 atom stereocenters. The fourth-order valence-corrected chi connectivity index (χ4v) is 2.78. The van der Waals surface area contributed by atoms with Crippen LogP contribution in [0, 0.1) is 0 Å². The maximum absolute atomic E-state index is 4.18. The van der Waals surface area contributed by atoms with Crippen molar-refractivity contribution >= 4 is 22.8 Å². The predicted octanol–water partition coefficient (Wildman–Crippen LogP) is 2.76. The summed E-state index contributed by atoms with van der Waals surface area (Å²) in [6, 6.07) is 12.2.